The lowest BCUT2D eigenvalue weighted by Gasteiger charge is -2.44. The van der Waals surface area contributed by atoms with Crippen molar-refractivity contribution in [1.29, 1.82) is 0 Å². The molecule has 0 radical (unpaired) electrons. The molecule has 2 rings (SSSR count). The minimum absolute atomic E-state index is 0.0223. The van der Waals surface area contributed by atoms with Crippen LogP contribution >= 0.6 is 0 Å². The SMILES string of the molecule is CCN(CCOC)C(=O)[C@H]1OCC(=O)N(C(C)C)[C@@H]1c1ccccc1. The molecule has 2 amide bonds. The van der Waals surface area contributed by atoms with E-state index >= 15 is 0 Å². The summed E-state index contributed by atoms with van der Waals surface area (Å²) < 4.78 is 10.8. The molecule has 6 heteroatoms. The number of rotatable bonds is 7. The van der Waals surface area contributed by atoms with E-state index < -0.39 is 12.1 Å². The Bertz CT molecular complexity index is 576. The molecule has 1 fully saturated rings. The fourth-order valence-corrected chi connectivity index (χ4v) is 3.23. The molecule has 0 aromatic heterocycles. The smallest absolute Gasteiger partial charge is 0.254 e. The third-order valence-corrected chi connectivity index (χ3v) is 4.46. The van der Waals surface area contributed by atoms with E-state index in [0.29, 0.717) is 19.7 Å². The van der Waals surface area contributed by atoms with Crippen LogP contribution in [-0.4, -0.2) is 67.2 Å². The fourth-order valence-electron chi connectivity index (χ4n) is 3.23. The first-order valence-corrected chi connectivity index (χ1v) is 8.76. The molecular weight excluding hydrogens is 320 g/mol. The number of carbonyl (C=O) groups is 2. The molecule has 6 nitrogen and oxygen atoms in total. The van der Waals surface area contributed by atoms with Gasteiger partial charge in [-0.1, -0.05) is 30.3 Å². The molecule has 1 aliphatic rings. The molecule has 2 atom stereocenters. The van der Waals surface area contributed by atoms with Crippen LogP contribution in [-0.2, 0) is 19.1 Å². The van der Waals surface area contributed by atoms with Crippen LogP contribution in [0.1, 0.15) is 32.4 Å². The number of hydrogen-bond donors (Lipinski definition) is 0. The Kier molecular flexibility index (Phi) is 6.96. The van der Waals surface area contributed by atoms with E-state index in [1.165, 1.54) is 0 Å². The van der Waals surface area contributed by atoms with Crippen molar-refractivity contribution < 1.29 is 19.1 Å². The summed E-state index contributed by atoms with van der Waals surface area (Å²) in [5.74, 6) is -0.195. The van der Waals surface area contributed by atoms with Crippen molar-refractivity contribution in [2.75, 3.05) is 33.4 Å². The van der Waals surface area contributed by atoms with Gasteiger partial charge < -0.3 is 19.3 Å². The van der Waals surface area contributed by atoms with Crippen molar-refractivity contribution in [3.63, 3.8) is 0 Å². The molecule has 0 N–H and O–H groups in total. The van der Waals surface area contributed by atoms with Crippen LogP contribution in [0.25, 0.3) is 0 Å². The summed E-state index contributed by atoms with van der Waals surface area (Å²) in [6.07, 6.45) is -0.709. The van der Waals surface area contributed by atoms with Crippen molar-refractivity contribution in [3.8, 4) is 0 Å². The summed E-state index contributed by atoms with van der Waals surface area (Å²) in [5.41, 5.74) is 0.908. The highest BCUT2D eigenvalue weighted by Gasteiger charge is 2.43. The van der Waals surface area contributed by atoms with Gasteiger partial charge in [-0.05, 0) is 26.3 Å². The second kappa shape index (κ2) is 8.97. The standard InChI is InChI=1S/C19H28N2O4/c1-5-20(11-12-24-4)19(23)18-17(15-9-7-6-8-10-15)21(14(2)3)16(22)13-25-18/h6-10,14,17-18H,5,11-13H2,1-4H3/t17-,18+/m1/s1. The van der Waals surface area contributed by atoms with E-state index in [1.807, 2.05) is 51.1 Å². The summed E-state index contributed by atoms with van der Waals surface area (Å²) in [6.45, 7) is 7.32. The maximum atomic E-state index is 13.1. The first-order valence-electron chi connectivity index (χ1n) is 8.76. The Morgan fingerprint density at radius 1 is 1.36 bits per heavy atom. The number of likely N-dealkylation sites (N-methyl/N-ethyl adjacent to an activating group) is 1. The Morgan fingerprint density at radius 3 is 2.60 bits per heavy atom. The summed E-state index contributed by atoms with van der Waals surface area (Å²) in [4.78, 5) is 29.0. The number of morpholine rings is 1. The zero-order valence-corrected chi connectivity index (χ0v) is 15.5. The van der Waals surface area contributed by atoms with E-state index in [1.54, 1.807) is 16.9 Å². The Labute approximate surface area is 149 Å². The molecule has 0 unspecified atom stereocenters. The number of carbonyl (C=O) groups excluding carboxylic acids is 2. The highest BCUT2D eigenvalue weighted by Crippen LogP contribution is 2.32. The van der Waals surface area contributed by atoms with Gasteiger partial charge >= 0.3 is 0 Å². The third kappa shape index (κ3) is 4.38. The normalized spacial score (nSPS) is 20.8. The quantitative estimate of drug-likeness (QED) is 0.755. The van der Waals surface area contributed by atoms with Crippen LogP contribution < -0.4 is 0 Å². The minimum atomic E-state index is -0.709. The van der Waals surface area contributed by atoms with Crippen molar-refractivity contribution in [1.82, 2.24) is 9.80 Å². The summed E-state index contributed by atoms with van der Waals surface area (Å²) in [5, 5.41) is 0. The second-order valence-electron chi connectivity index (χ2n) is 6.39. The van der Waals surface area contributed by atoms with E-state index in [2.05, 4.69) is 0 Å². The van der Waals surface area contributed by atoms with Gasteiger partial charge in [-0.2, -0.15) is 0 Å². The van der Waals surface area contributed by atoms with Gasteiger partial charge in [0.05, 0.1) is 12.6 Å². The molecule has 0 aliphatic carbocycles. The molecule has 1 heterocycles. The number of amides is 2. The summed E-state index contributed by atoms with van der Waals surface area (Å²) in [6, 6.07) is 9.18. The van der Waals surface area contributed by atoms with Gasteiger partial charge in [-0.3, -0.25) is 9.59 Å². The van der Waals surface area contributed by atoms with Crippen LogP contribution in [0.3, 0.4) is 0 Å². The molecule has 138 valence electrons. The van der Waals surface area contributed by atoms with Crippen molar-refractivity contribution in [3.05, 3.63) is 35.9 Å². The van der Waals surface area contributed by atoms with Crippen LogP contribution in [0.4, 0.5) is 0 Å². The van der Waals surface area contributed by atoms with Crippen molar-refractivity contribution in [2.24, 2.45) is 0 Å². The van der Waals surface area contributed by atoms with Crippen LogP contribution in [0.15, 0.2) is 30.3 Å². The van der Waals surface area contributed by atoms with Crippen LogP contribution in [0, 0.1) is 0 Å². The highest BCUT2D eigenvalue weighted by molar-refractivity contribution is 5.86. The first-order chi connectivity index (χ1) is 12.0. The maximum Gasteiger partial charge on any atom is 0.254 e. The number of methoxy groups -OCH3 is 1. The van der Waals surface area contributed by atoms with E-state index in [-0.39, 0.29) is 24.5 Å². The van der Waals surface area contributed by atoms with Gasteiger partial charge in [0.25, 0.3) is 5.91 Å². The second-order valence-corrected chi connectivity index (χ2v) is 6.39. The van der Waals surface area contributed by atoms with Gasteiger partial charge in [0, 0.05) is 26.2 Å². The van der Waals surface area contributed by atoms with E-state index in [0.717, 1.165) is 5.56 Å². The summed E-state index contributed by atoms with van der Waals surface area (Å²) in [7, 11) is 1.61. The Hall–Kier alpha value is -1.92. The molecule has 0 bridgehead atoms. The number of ether oxygens (including phenoxy) is 2. The predicted octanol–water partition coefficient (Wildman–Crippen LogP) is 1.86. The van der Waals surface area contributed by atoms with Gasteiger partial charge in [0.15, 0.2) is 6.10 Å². The maximum absolute atomic E-state index is 13.1. The van der Waals surface area contributed by atoms with Crippen LogP contribution in [0.2, 0.25) is 0 Å². The molecule has 1 saturated heterocycles. The largest absolute Gasteiger partial charge is 0.383 e. The van der Waals surface area contributed by atoms with Gasteiger partial charge in [0.2, 0.25) is 5.91 Å². The van der Waals surface area contributed by atoms with Crippen molar-refractivity contribution >= 4 is 11.8 Å². The van der Waals surface area contributed by atoms with E-state index in [9.17, 15) is 9.59 Å². The molecule has 0 spiro atoms. The zero-order chi connectivity index (χ0) is 18.4. The lowest BCUT2D eigenvalue weighted by Crippen LogP contribution is -2.57. The van der Waals surface area contributed by atoms with Gasteiger partial charge in [-0.15, -0.1) is 0 Å². The fraction of sp³-hybridized carbons (Fsp3) is 0.579. The van der Waals surface area contributed by atoms with Gasteiger partial charge in [0.1, 0.15) is 6.61 Å². The topological polar surface area (TPSA) is 59.1 Å². The highest BCUT2D eigenvalue weighted by atomic mass is 16.5. The number of benzene rings is 1. The molecule has 1 aromatic rings. The third-order valence-electron chi connectivity index (χ3n) is 4.46. The minimum Gasteiger partial charge on any atom is -0.383 e. The summed E-state index contributed by atoms with van der Waals surface area (Å²) >= 11 is 0. The number of nitrogens with zero attached hydrogens (tertiary/aromatic N) is 2. The average molecular weight is 348 g/mol. The van der Waals surface area contributed by atoms with Gasteiger partial charge in [-0.25, -0.2) is 0 Å². The average Bonchev–Trinajstić information content (AvgIpc) is 2.62. The molecule has 1 aromatic carbocycles. The monoisotopic (exact) mass is 348 g/mol. The lowest BCUT2D eigenvalue weighted by molar-refractivity contribution is -0.172. The molecule has 0 saturated carbocycles. The molecule has 25 heavy (non-hydrogen) atoms. The lowest BCUT2D eigenvalue weighted by atomic mass is 9.95. The first kappa shape index (κ1) is 19.4. The molecule has 1 aliphatic heterocycles. The number of hydrogen-bond acceptors (Lipinski definition) is 4. The van der Waals surface area contributed by atoms with Crippen molar-refractivity contribution in [2.45, 2.75) is 39.0 Å². The van der Waals surface area contributed by atoms with E-state index in [4.69, 9.17) is 9.47 Å². The molecular formula is C19H28N2O4. The zero-order valence-electron chi connectivity index (χ0n) is 15.5. The Morgan fingerprint density at radius 2 is 2.04 bits per heavy atom. The Balaban J connectivity index is 2.36. The predicted molar refractivity (Wildman–Crippen MR) is 95.0 cm³/mol. The van der Waals surface area contributed by atoms with Crippen LogP contribution in [0.5, 0.6) is 0 Å².